The maximum absolute atomic E-state index is 12.6. The van der Waals surface area contributed by atoms with Crippen molar-refractivity contribution in [2.75, 3.05) is 6.54 Å². The van der Waals surface area contributed by atoms with Gasteiger partial charge in [-0.3, -0.25) is 4.79 Å². The van der Waals surface area contributed by atoms with Crippen LogP contribution in [0.2, 0.25) is 10.0 Å². The maximum Gasteiger partial charge on any atom is 0.230 e. The topological polar surface area (TPSA) is 29.1 Å². The van der Waals surface area contributed by atoms with E-state index in [0.29, 0.717) is 16.0 Å². The second-order valence-corrected chi connectivity index (χ2v) is 6.84. The quantitative estimate of drug-likeness (QED) is 0.847. The summed E-state index contributed by atoms with van der Waals surface area (Å²) in [7, 11) is 0. The Balaban J connectivity index is 2.14. The summed E-state index contributed by atoms with van der Waals surface area (Å²) < 4.78 is 0. The van der Waals surface area contributed by atoms with E-state index < -0.39 is 5.41 Å². The van der Waals surface area contributed by atoms with Crippen LogP contribution in [-0.2, 0) is 10.2 Å². The van der Waals surface area contributed by atoms with Gasteiger partial charge in [0.15, 0.2) is 0 Å². The minimum atomic E-state index is -0.446. The van der Waals surface area contributed by atoms with Gasteiger partial charge in [-0.15, -0.1) is 0 Å². The Morgan fingerprint density at radius 3 is 2.55 bits per heavy atom. The molecule has 0 aromatic heterocycles. The second kappa shape index (κ2) is 6.36. The van der Waals surface area contributed by atoms with Crippen LogP contribution >= 0.6 is 23.2 Å². The zero-order chi connectivity index (χ0) is 14.8. The Morgan fingerprint density at radius 2 is 2.05 bits per heavy atom. The molecule has 2 rings (SSSR count). The van der Waals surface area contributed by atoms with Crippen molar-refractivity contribution in [3.8, 4) is 0 Å². The summed E-state index contributed by atoms with van der Waals surface area (Å²) in [6.45, 7) is 5.03. The lowest BCUT2D eigenvalue weighted by atomic mass is 9.63. The molecule has 1 saturated carbocycles. The van der Waals surface area contributed by atoms with Crippen molar-refractivity contribution in [3.05, 3.63) is 33.8 Å². The fourth-order valence-corrected chi connectivity index (χ4v) is 3.26. The van der Waals surface area contributed by atoms with Gasteiger partial charge < -0.3 is 5.32 Å². The molecule has 20 heavy (non-hydrogen) atoms. The number of hydrogen-bond donors (Lipinski definition) is 1. The largest absolute Gasteiger partial charge is 0.355 e. The standard InChI is InChI=1S/C16H21Cl2NO/c1-11(2)6-9-19-15(20)16(7-3-8-16)13-5-4-12(17)10-14(13)18/h4-5,10-11H,3,6-9H2,1-2H3,(H,19,20). The molecule has 2 nitrogen and oxygen atoms in total. The van der Waals surface area contributed by atoms with Crippen molar-refractivity contribution in [2.45, 2.75) is 44.9 Å². The first-order valence-corrected chi connectivity index (χ1v) is 7.95. The third-order valence-electron chi connectivity index (χ3n) is 4.10. The average molecular weight is 314 g/mol. The van der Waals surface area contributed by atoms with Crippen LogP contribution in [0.5, 0.6) is 0 Å². The van der Waals surface area contributed by atoms with Crippen LogP contribution in [0.4, 0.5) is 0 Å². The van der Waals surface area contributed by atoms with E-state index in [2.05, 4.69) is 19.2 Å². The summed E-state index contributed by atoms with van der Waals surface area (Å²) in [5.41, 5.74) is 0.468. The van der Waals surface area contributed by atoms with Crippen LogP contribution in [0.15, 0.2) is 18.2 Å². The van der Waals surface area contributed by atoms with Crippen LogP contribution < -0.4 is 5.32 Å². The molecule has 1 aromatic carbocycles. The minimum absolute atomic E-state index is 0.105. The third kappa shape index (κ3) is 3.12. The number of nitrogens with one attached hydrogen (secondary N) is 1. The molecule has 1 aliphatic carbocycles. The molecular formula is C16H21Cl2NO. The van der Waals surface area contributed by atoms with Gasteiger partial charge in [-0.25, -0.2) is 0 Å². The molecule has 0 spiro atoms. The lowest BCUT2D eigenvalue weighted by Gasteiger charge is -2.41. The SMILES string of the molecule is CC(C)CCNC(=O)C1(c2ccc(Cl)cc2Cl)CCC1. The second-order valence-electron chi connectivity index (χ2n) is 6.00. The minimum Gasteiger partial charge on any atom is -0.355 e. The van der Waals surface area contributed by atoms with E-state index in [1.807, 2.05) is 12.1 Å². The van der Waals surface area contributed by atoms with Crippen LogP contribution in [0.1, 0.15) is 45.1 Å². The van der Waals surface area contributed by atoms with E-state index >= 15 is 0 Å². The normalized spacial score (nSPS) is 16.9. The molecule has 1 fully saturated rings. The van der Waals surface area contributed by atoms with E-state index in [1.165, 1.54) is 0 Å². The summed E-state index contributed by atoms with van der Waals surface area (Å²) in [6.07, 6.45) is 3.79. The molecule has 0 saturated heterocycles. The molecule has 1 amide bonds. The van der Waals surface area contributed by atoms with Gasteiger partial charge in [0.05, 0.1) is 5.41 Å². The smallest absolute Gasteiger partial charge is 0.230 e. The zero-order valence-electron chi connectivity index (χ0n) is 12.0. The van der Waals surface area contributed by atoms with Crippen molar-refractivity contribution in [3.63, 3.8) is 0 Å². The molecule has 4 heteroatoms. The summed E-state index contributed by atoms with van der Waals surface area (Å²) in [5.74, 6) is 0.695. The van der Waals surface area contributed by atoms with E-state index in [9.17, 15) is 4.79 Å². The molecule has 1 N–H and O–H groups in total. The molecule has 0 heterocycles. The van der Waals surface area contributed by atoms with Gasteiger partial charge in [0.1, 0.15) is 0 Å². The predicted octanol–water partition coefficient (Wildman–Crippen LogP) is 4.58. The number of carbonyl (C=O) groups excluding carboxylic acids is 1. The van der Waals surface area contributed by atoms with E-state index in [-0.39, 0.29) is 5.91 Å². The fraction of sp³-hybridized carbons (Fsp3) is 0.562. The Labute approximate surface area is 130 Å². The number of rotatable bonds is 5. The monoisotopic (exact) mass is 313 g/mol. The molecule has 0 bridgehead atoms. The lowest BCUT2D eigenvalue weighted by molar-refractivity contribution is -0.129. The van der Waals surface area contributed by atoms with Gasteiger partial charge in [-0.1, -0.05) is 49.5 Å². The first-order valence-electron chi connectivity index (χ1n) is 7.19. The summed E-state index contributed by atoms with van der Waals surface area (Å²) in [4.78, 5) is 12.6. The van der Waals surface area contributed by atoms with E-state index in [1.54, 1.807) is 6.07 Å². The van der Waals surface area contributed by atoms with Crippen molar-refractivity contribution >= 4 is 29.1 Å². The van der Waals surface area contributed by atoms with Crippen LogP contribution in [0.3, 0.4) is 0 Å². The van der Waals surface area contributed by atoms with Crippen LogP contribution in [0.25, 0.3) is 0 Å². The Hall–Kier alpha value is -0.730. The highest BCUT2D eigenvalue weighted by Gasteiger charge is 2.46. The predicted molar refractivity (Wildman–Crippen MR) is 84.5 cm³/mol. The molecule has 0 unspecified atom stereocenters. The van der Waals surface area contributed by atoms with Crippen molar-refractivity contribution in [2.24, 2.45) is 5.92 Å². The van der Waals surface area contributed by atoms with Crippen LogP contribution in [-0.4, -0.2) is 12.5 Å². The number of benzene rings is 1. The number of carbonyl (C=O) groups is 1. The van der Waals surface area contributed by atoms with Gasteiger partial charge in [0, 0.05) is 16.6 Å². The van der Waals surface area contributed by atoms with Crippen molar-refractivity contribution < 1.29 is 4.79 Å². The summed E-state index contributed by atoms with van der Waals surface area (Å²) >= 11 is 12.2. The maximum atomic E-state index is 12.6. The summed E-state index contributed by atoms with van der Waals surface area (Å²) in [6, 6.07) is 5.43. The molecule has 0 aliphatic heterocycles. The molecule has 1 aliphatic rings. The van der Waals surface area contributed by atoms with Crippen LogP contribution in [0, 0.1) is 5.92 Å². The highest BCUT2D eigenvalue weighted by molar-refractivity contribution is 6.35. The molecule has 0 radical (unpaired) electrons. The molecule has 0 atom stereocenters. The Bertz CT molecular complexity index is 495. The van der Waals surface area contributed by atoms with Gasteiger partial charge in [-0.2, -0.15) is 0 Å². The molecule has 1 aromatic rings. The molecule has 110 valence electrons. The first kappa shape index (κ1) is 15.7. The number of amides is 1. The Kier molecular flexibility index (Phi) is 4.98. The van der Waals surface area contributed by atoms with Gasteiger partial charge in [-0.05, 0) is 42.9 Å². The third-order valence-corrected chi connectivity index (χ3v) is 4.64. The van der Waals surface area contributed by atoms with Gasteiger partial charge >= 0.3 is 0 Å². The highest BCUT2D eigenvalue weighted by atomic mass is 35.5. The lowest BCUT2D eigenvalue weighted by Crippen LogP contribution is -2.49. The van der Waals surface area contributed by atoms with Crippen molar-refractivity contribution in [1.82, 2.24) is 5.32 Å². The number of halogens is 2. The number of hydrogen-bond acceptors (Lipinski definition) is 1. The fourth-order valence-electron chi connectivity index (χ4n) is 2.67. The zero-order valence-corrected chi connectivity index (χ0v) is 13.5. The molecular weight excluding hydrogens is 293 g/mol. The Morgan fingerprint density at radius 1 is 1.35 bits per heavy atom. The van der Waals surface area contributed by atoms with E-state index in [0.717, 1.165) is 37.8 Å². The van der Waals surface area contributed by atoms with Gasteiger partial charge in [0.25, 0.3) is 0 Å². The van der Waals surface area contributed by atoms with Gasteiger partial charge in [0.2, 0.25) is 5.91 Å². The summed E-state index contributed by atoms with van der Waals surface area (Å²) in [5, 5.41) is 4.27. The highest BCUT2D eigenvalue weighted by Crippen LogP contribution is 2.46. The van der Waals surface area contributed by atoms with Crippen molar-refractivity contribution in [1.29, 1.82) is 0 Å². The van der Waals surface area contributed by atoms with E-state index in [4.69, 9.17) is 23.2 Å². The average Bonchev–Trinajstić information content (AvgIpc) is 2.30. The first-order chi connectivity index (χ1) is 9.45.